The number of aromatic nitrogens is 1. The molecule has 1 unspecified atom stereocenters. The number of aryl methyl sites for hydroxylation is 1. The molecule has 2 aromatic rings. The lowest BCUT2D eigenvalue weighted by Gasteiger charge is -2.25. The van der Waals surface area contributed by atoms with E-state index in [2.05, 4.69) is 35.4 Å². The fraction of sp³-hybridized carbons (Fsp3) is 0.545. The molecule has 2 N–H and O–H groups in total. The molecule has 3 atom stereocenters. The summed E-state index contributed by atoms with van der Waals surface area (Å²) in [6, 6.07) is 6.38. The topological polar surface area (TPSA) is 74.4 Å². The number of hydrogen-bond donors (Lipinski definition) is 2. The van der Waals surface area contributed by atoms with Gasteiger partial charge in [-0.15, -0.1) is 0 Å². The zero-order chi connectivity index (χ0) is 20.1. The number of carbonyl (C=O) groups is 2. The van der Waals surface area contributed by atoms with Crippen molar-refractivity contribution in [2.75, 3.05) is 19.6 Å². The van der Waals surface area contributed by atoms with Crippen LogP contribution in [0, 0.1) is 24.7 Å². The second-order valence-corrected chi connectivity index (χ2v) is 9.14. The van der Waals surface area contributed by atoms with Gasteiger partial charge in [0.05, 0.1) is 0 Å². The summed E-state index contributed by atoms with van der Waals surface area (Å²) in [6.07, 6.45) is 2.57. The number of hydrogen-bond acceptors (Lipinski definition) is 3. The van der Waals surface area contributed by atoms with E-state index in [1.807, 2.05) is 27.0 Å². The molecule has 0 spiro atoms. The molecule has 1 aliphatic carbocycles. The van der Waals surface area contributed by atoms with Gasteiger partial charge in [-0.3, -0.25) is 4.79 Å². The average Bonchev–Trinajstić information content (AvgIpc) is 2.93. The van der Waals surface area contributed by atoms with Gasteiger partial charge in [-0.05, 0) is 63.1 Å². The van der Waals surface area contributed by atoms with Crippen LogP contribution >= 0.6 is 0 Å². The maximum absolute atomic E-state index is 12.5. The van der Waals surface area contributed by atoms with Crippen molar-refractivity contribution in [3.05, 3.63) is 35.5 Å². The van der Waals surface area contributed by atoms with Crippen LogP contribution in [0.15, 0.2) is 24.4 Å². The molecule has 1 aromatic carbocycles. The van der Waals surface area contributed by atoms with E-state index in [9.17, 15) is 9.59 Å². The molecule has 2 aliphatic rings. The number of likely N-dealkylation sites (tertiary alicyclic amines) is 1. The summed E-state index contributed by atoms with van der Waals surface area (Å²) in [7, 11) is 0. The molecule has 2 heterocycles. The minimum absolute atomic E-state index is 0.0457. The number of ether oxygens (including phenoxy) is 1. The summed E-state index contributed by atoms with van der Waals surface area (Å²) in [5, 5.41) is 4.30. The van der Waals surface area contributed by atoms with Crippen molar-refractivity contribution >= 4 is 22.9 Å². The first-order valence-electron chi connectivity index (χ1n) is 10.1. The maximum Gasteiger partial charge on any atom is 0.410 e. The molecule has 2 fully saturated rings. The molecule has 0 bridgehead atoms. The van der Waals surface area contributed by atoms with Gasteiger partial charge >= 0.3 is 6.09 Å². The third-order valence-corrected chi connectivity index (χ3v) is 5.76. The minimum Gasteiger partial charge on any atom is -0.444 e. The molecule has 4 rings (SSSR count). The third-order valence-electron chi connectivity index (χ3n) is 5.76. The summed E-state index contributed by atoms with van der Waals surface area (Å²) >= 11 is 0. The molecule has 1 saturated carbocycles. The number of benzene rings is 1. The third kappa shape index (κ3) is 3.73. The monoisotopic (exact) mass is 383 g/mol. The lowest BCUT2D eigenvalue weighted by molar-refractivity contribution is -0.123. The highest BCUT2D eigenvalue weighted by Crippen LogP contribution is 2.51. The molecule has 28 heavy (non-hydrogen) atoms. The molecule has 0 radical (unpaired) electrons. The number of nitrogens with one attached hydrogen (secondary N) is 2. The molecule has 1 aliphatic heterocycles. The first-order valence-corrected chi connectivity index (χ1v) is 10.1. The first-order chi connectivity index (χ1) is 13.2. The van der Waals surface area contributed by atoms with Gasteiger partial charge in [-0.25, -0.2) is 4.79 Å². The summed E-state index contributed by atoms with van der Waals surface area (Å²) < 4.78 is 5.42. The molecule has 1 saturated heterocycles. The first kappa shape index (κ1) is 18.8. The van der Waals surface area contributed by atoms with Crippen molar-refractivity contribution < 1.29 is 14.3 Å². The van der Waals surface area contributed by atoms with Crippen LogP contribution in [0.3, 0.4) is 0 Å². The van der Waals surface area contributed by atoms with Gasteiger partial charge in [0, 0.05) is 42.7 Å². The quantitative estimate of drug-likeness (QED) is 0.851. The Balaban J connectivity index is 1.24. The Bertz CT molecular complexity index is 899. The van der Waals surface area contributed by atoms with Gasteiger partial charge in [-0.1, -0.05) is 12.1 Å². The van der Waals surface area contributed by atoms with Gasteiger partial charge in [0.15, 0.2) is 0 Å². The van der Waals surface area contributed by atoms with Gasteiger partial charge in [0.25, 0.3) is 0 Å². The van der Waals surface area contributed by atoms with Crippen LogP contribution in [0.2, 0.25) is 0 Å². The SMILES string of the molecule is Cc1ccc2c(CCNC(=O)C3[C@H]4CN(C(=O)OC(C)(C)C)C[C@@H]34)c[nH]c2c1. The van der Waals surface area contributed by atoms with Crippen LogP contribution in [-0.4, -0.2) is 47.1 Å². The Morgan fingerprint density at radius 2 is 1.96 bits per heavy atom. The van der Waals surface area contributed by atoms with Gasteiger partial charge in [0.1, 0.15) is 5.60 Å². The van der Waals surface area contributed by atoms with Crippen LogP contribution in [0.5, 0.6) is 0 Å². The Labute approximate surface area is 165 Å². The standard InChI is InChI=1S/C22H29N3O3/c1-13-5-6-15-14(10-24-18(15)9-13)7-8-23-20(26)19-16-11-25(12-17(16)19)21(27)28-22(2,3)4/h5-6,9-10,16-17,19,24H,7-8,11-12H2,1-4H3,(H,23,26)/t16-,17+,19?. The van der Waals surface area contributed by atoms with Crippen LogP contribution in [0.25, 0.3) is 10.9 Å². The molecule has 2 amide bonds. The minimum atomic E-state index is -0.484. The highest BCUT2D eigenvalue weighted by molar-refractivity contribution is 5.85. The molecular formula is C22H29N3O3. The number of carbonyl (C=O) groups excluding carboxylic acids is 2. The molecule has 6 nitrogen and oxygen atoms in total. The fourth-order valence-corrected chi connectivity index (χ4v) is 4.34. The summed E-state index contributed by atoms with van der Waals surface area (Å²) in [5.74, 6) is 0.728. The Morgan fingerprint density at radius 3 is 2.64 bits per heavy atom. The molecule has 1 aromatic heterocycles. The highest BCUT2D eigenvalue weighted by Gasteiger charge is 2.60. The van der Waals surface area contributed by atoms with Crippen molar-refractivity contribution in [1.29, 1.82) is 0 Å². The zero-order valence-corrected chi connectivity index (χ0v) is 17.0. The van der Waals surface area contributed by atoms with E-state index < -0.39 is 5.60 Å². The summed E-state index contributed by atoms with van der Waals surface area (Å²) in [5.41, 5.74) is 3.11. The zero-order valence-electron chi connectivity index (χ0n) is 17.0. The number of nitrogens with zero attached hydrogens (tertiary/aromatic N) is 1. The summed E-state index contributed by atoms with van der Waals surface area (Å²) in [4.78, 5) is 29.7. The fourth-order valence-electron chi connectivity index (χ4n) is 4.34. The lowest BCUT2D eigenvalue weighted by Crippen LogP contribution is -2.38. The smallest absolute Gasteiger partial charge is 0.410 e. The van der Waals surface area contributed by atoms with Crippen LogP contribution < -0.4 is 5.32 Å². The van der Waals surface area contributed by atoms with Crippen LogP contribution in [0.1, 0.15) is 31.9 Å². The van der Waals surface area contributed by atoms with Crippen molar-refractivity contribution in [2.45, 2.75) is 39.7 Å². The van der Waals surface area contributed by atoms with E-state index in [1.165, 1.54) is 16.5 Å². The molecule has 150 valence electrons. The number of piperidine rings is 1. The van der Waals surface area contributed by atoms with Crippen molar-refractivity contribution in [3.63, 3.8) is 0 Å². The van der Waals surface area contributed by atoms with Crippen molar-refractivity contribution in [3.8, 4) is 0 Å². The lowest BCUT2D eigenvalue weighted by atomic mass is 10.1. The van der Waals surface area contributed by atoms with Gasteiger partial charge in [-0.2, -0.15) is 0 Å². The number of amides is 2. The highest BCUT2D eigenvalue weighted by atomic mass is 16.6. The second kappa shape index (κ2) is 6.83. The van der Waals surface area contributed by atoms with E-state index in [0.717, 1.165) is 11.9 Å². The molecular weight excluding hydrogens is 354 g/mol. The van der Waals surface area contributed by atoms with Crippen molar-refractivity contribution in [1.82, 2.24) is 15.2 Å². The Morgan fingerprint density at radius 1 is 1.25 bits per heavy atom. The predicted molar refractivity (Wildman–Crippen MR) is 108 cm³/mol. The van der Waals surface area contributed by atoms with Gasteiger partial charge in [0.2, 0.25) is 5.91 Å². The van der Waals surface area contributed by atoms with E-state index in [0.29, 0.717) is 19.6 Å². The van der Waals surface area contributed by atoms with Gasteiger partial charge < -0.3 is 19.9 Å². The van der Waals surface area contributed by atoms with Crippen LogP contribution in [0.4, 0.5) is 4.79 Å². The number of aromatic amines is 1. The normalized spacial score (nSPS) is 23.6. The predicted octanol–water partition coefficient (Wildman–Crippen LogP) is 3.25. The largest absolute Gasteiger partial charge is 0.444 e. The maximum atomic E-state index is 12.5. The second-order valence-electron chi connectivity index (χ2n) is 9.14. The van der Waals surface area contributed by atoms with E-state index in [-0.39, 0.29) is 29.8 Å². The van der Waals surface area contributed by atoms with E-state index in [4.69, 9.17) is 4.74 Å². The van der Waals surface area contributed by atoms with Crippen LogP contribution in [-0.2, 0) is 16.0 Å². The Hall–Kier alpha value is -2.50. The van der Waals surface area contributed by atoms with Crippen molar-refractivity contribution in [2.24, 2.45) is 17.8 Å². The van der Waals surface area contributed by atoms with E-state index in [1.54, 1.807) is 4.90 Å². The number of H-pyrrole nitrogens is 1. The Kier molecular flexibility index (Phi) is 4.60. The van der Waals surface area contributed by atoms with E-state index >= 15 is 0 Å². The molecule has 6 heteroatoms. The average molecular weight is 383 g/mol. The summed E-state index contributed by atoms with van der Waals surface area (Å²) in [6.45, 7) is 9.56. The number of rotatable bonds is 4. The number of fused-ring (bicyclic) bond motifs is 2.